The third-order valence-corrected chi connectivity index (χ3v) is 12.1. The number of carbonyl (C=O) groups is 1. The number of sulfonamides is 1. The fraction of sp³-hybridized carbons (Fsp3) is 0.545. The van der Waals surface area contributed by atoms with Crippen LogP contribution in [0.1, 0.15) is 60.5 Å². The van der Waals surface area contributed by atoms with Gasteiger partial charge in [0.25, 0.3) is 5.91 Å². The summed E-state index contributed by atoms with van der Waals surface area (Å²) in [4.78, 5) is 15.7. The van der Waals surface area contributed by atoms with Crippen molar-refractivity contribution in [1.29, 1.82) is 0 Å². The summed E-state index contributed by atoms with van der Waals surface area (Å²) in [6.07, 6.45) is 8.95. The Balaban J connectivity index is 1.43. The number of methoxy groups -OCH3 is 1. The van der Waals surface area contributed by atoms with E-state index in [9.17, 15) is 18.3 Å². The van der Waals surface area contributed by atoms with Gasteiger partial charge in [-0.1, -0.05) is 29.8 Å². The summed E-state index contributed by atoms with van der Waals surface area (Å²) in [6.45, 7) is 3.33. The van der Waals surface area contributed by atoms with E-state index < -0.39 is 21.2 Å². The van der Waals surface area contributed by atoms with Crippen LogP contribution < -0.4 is 14.4 Å². The number of hydrogen-bond donors (Lipinski definition) is 2. The van der Waals surface area contributed by atoms with Crippen molar-refractivity contribution in [3.8, 4) is 5.75 Å². The number of hydrogen-bond acceptors (Lipinski definition) is 7. The van der Waals surface area contributed by atoms with Crippen molar-refractivity contribution in [2.45, 2.75) is 62.2 Å². The number of nitrogens with zero attached hydrogens (tertiary/aromatic N) is 1. The number of rotatable bonds is 2. The molecule has 0 saturated heterocycles. The van der Waals surface area contributed by atoms with Gasteiger partial charge in [-0.15, -0.1) is 0 Å². The Labute approximate surface area is 259 Å². The van der Waals surface area contributed by atoms with Crippen molar-refractivity contribution < 1.29 is 27.8 Å². The Morgan fingerprint density at radius 1 is 1.19 bits per heavy atom. The van der Waals surface area contributed by atoms with Crippen LogP contribution in [-0.2, 0) is 26.6 Å². The highest BCUT2D eigenvalue weighted by atomic mass is 35.5. The summed E-state index contributed by atoms with van der Waals surface area (Å²) in [5.41, 5.74) is 3.33. The van der Waals surface area contributed by atoms with Gasteiger partial charge < -0.3 is 19.5 Å². The topological polar surface area (TPSA) is 105 Å². The molecule has 6 atom stereocenters. The first-order chi connectivity index (χ1) is 20.6. The highest BCUT2D eigenvalue weighted by Crippen LogP contribution is 2.47. The molecule has 1 fully saturated rings. The zero-order valence-corrected chi connectivity index (χ0v) is 26.4. The Morgan fingerprint density at radius 2 is 2.02 bits per heavy atom. The van der Waals surface area contributed by atoms with Crippen LogP contribution in [0.15, 0.2) is 48.6 Å². The van der Waals surface area contributed by atoms with Gasteiger partial charge >= 0.3 is 0 Å². The summed E-state index contributed by atoms with van der Waals surface area (Å²) < 4.78 is 41.1. The Kier molecular flexibility index (Phi) is 8.54. The summed E-state index contributed by atoms with van der Waals surface area (Å²) in [5.74, 6) is 0.275. The molecule has 2 heterocycles. The zero-order valence-electron chi connectivity index (χ0n) is 24.8. The van der Waals surface area contributed by atoms with E-state index in [0.717, 1.165) is 49.4 Å². The van der Waals surface area contributed by atoms with E-state index in [1.54, 1.807) is 32.2 Å². The first-order valence-corrected chi connectivity index (χ1v) is 17.2. The molecule has 0 radical (unpaired) electrons. The lowest BCUT2D eigenvalue weighted by atomic mass is 9.68. The lowest BCUT2D eigenvalue weighted by Gasteiger charge is -2.46. The molecule has 4 aliphatic rings. The van der Waals surface area contributed by atoms with Gasteiger partial charge in [-0.05, 0) is 98.7 Å². The molecule has 10 heteroatoms. The van der Waals surface area contributed by atoms with Gasteiger partial charge in [0.15, 0.2) is 0 Å². The van der Waals surface area contributed by atoms with Crippen LogP contribution in [0.5, 0.6) is 5.75 Å². The van der Waals surface area contributed by atoms with Gasteiger partial charge in [-0.25, -0.2) is 13.1 Å². The quantitative estimate of drug-likeness (QED) is 0.457. The molecule has 2 N–H and O–H groups in total. The predicted octanol–water partition coefficient (Wildman–Crippen LogP) is 4.87. The van der Waals surface area contributed by atoms with E-state index in [4.69, 9.17) is 21.1 Å². The standard InChI is InChI=1S/C33H41ClN2O6S/c1-21-14-22(18-37)5-11-30(41-2)27-9-6-25(27)17-36-19-33(13-3-4-23-15-26(34)8-10-28(23)33)20-42-31-12-7-24(16-29(31)36)32(38)35-43(21,39)40/h5,7-8,10-12,15-16,21-22,25,27,30,37H,3-4,6,9,13-14,17-20H2,1-2H3,(H,35,38)/b11-5-/t21-,22+,25-,27+,30-,33-/m0/s1. The molecule has 1 saturated carbocycles. The van der Waals surface area contributed by atoms with Crippen LogP contribution in [0.4, 0.5) is 5.69 Å². The van der Waals surface area contributed by atoms with Crippen LogP contribution in [0.3, 0.4) is 0 Å². The van der Waals surface area contributed by atoms with Crippen LogP contribution in [-0.4, -0.2) is 64.2 Å². The third-order valence-electron chi connectivity index (χ3n) is 10.1. The maximum absolute atomic E-state index is 13.4. The molecule has 1 amide bonds. The van der Waals surface area contributed by atoms with Crippen LogP contribution in [0, 0.1) is 17.8 Å². The molecule has 43 heavy (non-hydrogen) atoms. The third kappa shape index (κ3) is 5.93. The van der Waals surface area contributed by atoms with E-state index >= 15 is 0 Å². The van der Waals surface area contributed by atoms with E-state index in [-0.39, 0.29) is 41.9 Å². The number of benzene rings is 2. The molecule has 8 nitrogen and oxygen atoms in total. The number of halogens is 1. The maximum Gasteiger partial charge on any atom is 0.264 e. The van der Waals surface area contributed by atoms with Crippen LogP contribution >= 0.6 is 11.6 Å². The number of ether oxygens (including phenoxy) is 2. The number of aliphatic hydroxyl groups excluding tert-OH is 1. The fourth-order valence-corrected chi connectivity index (χ4v) is 8.78. The summed E-state index contributed by atoms with van der Waals surface area (Å²) in [5, 5.41) is 9.88. The second kappa shape index (κ2) is 12.1. The molecule has 2 aliphatic carbocycles. The van der Waals surface area contributed by atoms with Crippen molar-refractivity contribution in [2.75, 3.05) is 38.3 Å². The van der Waals surface area contributed by atoms with E-state index in [2.05, 4.69) is 21.8 Å². The second-order valence-corrected chi connectivity index (χ2v) is 15.4. The van der Waals surface area contributed by atoms with Gasteiger partial charge in [0.2, 0.25) is 10.0 Å². The first-order valence-electron chi connectivity index (χ1n) is 15.3. The lowest BCUT2D eigenvalue weighted by Crippen LogP contribution is -2.49. The lowest BCUT2D eigenvalue weighted by molar-refractivity contribution is 0.0129. The Morgan fingerprint density at radius 3 is 2.77 bits per heavy atom. The molecule has 0 aromatic heterocycles. The highest BCUT2D eigenvalue weighted by molar-refractivity contribution is 7.90. The average Bonchev–Trinajstić information content (AvgIpc) is 3.12. The Bertz CT molecular complexity index is 1510. The van der Waals surface area contributed by atoms with Gasteiger partial charge in [-0.2, -0.15) is 0 Å². The molecule has 0 unspecified atom stereocenters. The van der Waals surface area contributed by atoms with Crippen molar-refractivity contribution in [2.24, 2.45) is 17.8 Å². The van der Waals surface area contributed by atoms with Crippen molar-refractivity contribution in [3.63, 3.8) is 0 Å². The van der Waals surface area contributed by atoms with Gasteiger partial charge in [0, 0.05) is 48.7 Å². The molecule has 2 aromatic rings. The molecule has 6 rings (SSSR count). The number of fused-ring (bicyclic) bond motifs is 4. The molecule has 2 bridgehead atoms. The zero-order chi connectivity index (χ0) is 30.4. The largest absolute Gasteiger partial charge is 0.490 e. The van der Waals surface area contributed by atoms with Crippen molar-refractivity contribution >= 4 is 33.2 Å². The van der Waals surface area contributed by atoms with Crippen LogP contribution in [0.2, 0.25) is 5.02 Å². The fourth-order valence-electron chi connectivity index (χ4n) is 7.51. The number of aliphatic hydroxyl groups is 1. The summed E-state index contributed by atoms with van der Waals surface area (Å²) >= 11 is 6.40. The average molecular weight is 629 g/mol. The van der Waals surface area contributed by atoms with Gasteiger partial charge in [0.05, 0.1) is 23.6 Å². The molecule has 232 valence electrons. The molecule has 2 aromatic carbocycles. The SMILES string of the molecule is CO[C@H]1/C=C\[C@@H](CO)C[C@H](C)S(=O)(=O)NC(=O)c2ccc3c(c2)N(C[C@@H]2CC[C@H]21)C[C@@]1(CCCc2cc(Cl)ccc21)CO3. The van der Waals surface area contributed by atoms with E-state index in [1.807, 2.05) is 18.2 Å². The number of anilines is 1. The van der Waals surface area contributed by atoms with Gasteiger partial charge in [-0.3, -0.25) is 4.79 Å². The molecular formula is C33H41ClN2O6S. The summed E-state index contributed by atoms with van der Waals surface area (Å²) in [7, 11) is -2.28. The normalized spacial score (nSPS) is 32.8. The summed E-state index contributed by atoms with van der Waals surface area (Å²) in [6, 6.07) is 11.4. The second-order valence-electron chi connectivity index (χ2n) is 12.8. The molecule has 1 spiro atoms. The van der Waals surface area contributed by atoms with Crippen molar-refractivity contribution in [3.05, 3.63) is 70.3 Å². The van der Waals surface area contributed by atoms with E-state index in [0.29, 0.717) is 24.8 Å². The molecule has 2 aliphatic heterocycles. The highest BCUT2D eigenvalue weighted by Gasteiger charge is 2.44. The first kappa shape index (κ1) is 30.4. The number of amides is 1. The molecular weight excluding hydrogens is 588 g/mol. The number of carbonyl (C=O) groups excluding carboxylic acids is 1. The van der Waals surface area contributed by atoms with Gasteiger partial charge in [0.1, 0.15) is 5.75 Å². The minimum Gasteiger partial charge on any atom is -0.490 e. The van der Waals surface area contributed by atoms with Crippen LogP contribution in [0.25, 0.3) is 0 Å². The van der Waals surface area contributed by atoms with E-state index in [1.165, 1.54) is 11.1 Å². The minimum absolute atomic E-state index is 0.145. The number of aryl methyl sites for hydroxylation is 1. The smallest absolute Gasteiger partial charge is 0.264 e. The predicted molar refractivity (Wildman–Crippen MR) is 167 cm³/mol. The minimum atomic E-state index is -3.99. The maximum atomic E-state index is 13.4. The van der Waals surface area contributed by atoms with Crippen molar-refractivity contribution in [1.82, 2.24) is 4.72 Å². The number of nitrogens with one attached hydrogen (secondary N) is 1. The monoisotopic (exact) mass is 628 g/mol. The Hall–Kier alpha value is -2.59.